The maximum absolute atomic E-state index is 12.8. The lowest BCUT2D eigenvalue weighted by Crippen LogP contribution is -2.56. The van der Waals surface area contributed by atoms with Crippen LogP contribution in [0.25, 0.3) is 6.08 Å². The highest BCUT2D eigenvalue weighted by Gasteiger charge is 2.53. The van der Waals surface area contributed by atoms with Crippen molar-refractivity contribution in [2.24, 2.45) is 11.8 Å². The number of fused-ring (bicyclic) bond motifs is 3. The zero-order chi connectivity index (χ0) is 23.0. The van der Waals surface area contributed by atoms with E-state index >= 15 is 0 Å². The summed E-state index contributed by atoms with van der Waals surface area (Å²) in [7, 11) is 5.09. The van der Waals surface area contributed by atoms with E-state index in [1.807, 2.05) is 0 Å². The first kappa shape index (κ1) is 22.8. The Morgan fingerprint density at radius 1 is 1.31 bits per heavy atom. The normalized spacial score (nSPS) is 27.3. The number of benzene rings is 1. The number of aromatic hydroxyl groups is 1. The Kier molecular flexibility index (Phi) is 6.35. The molecule has 6 nitrogen and oxygen atoms in total. The van der Waals surface area contributed by atoms with Gasteiger partial charge in [0, 0.05) is 42.5 Å². The van der Waals surface area contributed by atoms with Crippen molar-refractivity contribution in [3.05, 3.63) is 28.8 Å². The predicted molar refractivity (Wildman–Crippen MR) is 123 cm³/mol. The molecule has 3 aliphatic carbocycles. The minimum Gasteiger partial charge on any atom is -0.504 e. The van der Waals surface area contributed by atoms with Crippen molar-refractivity contribution in [2.75, 3.05) is 27.8 Å². The van der Waals surface area contributed by atoms with E-state index < -0.39 is 11.4 Å². The molecule has 6 heteroatoms. The Labute approximate surface area is 190 Å². The molecule has 1 N–H and O–H groups in total. The van der Waals surface area contributed by atoms with Crippen LogP contribution >= 0.6 is 0 Å². The molecule has 2 fully saturated rings. The lowest BCUT2D eigenvalue weighted by atomic mass is 9.53. The molecule has 2 unspecified atom stereocenters. The summed E-state index contributed by atoms with van der Waals surface area (Å²) >= 11 is 0. The number of phenolic OH excluding ortho intramolecular Hbond substituents is 1. The Bertz CT molecular complexity index is 935. The standard InChI is InChI=1S/C26H35NO5/c1-5-26-14-18(28)9-10-20(26)21(27(2)15-16-6-7-16)13-19-17(8-11-23(29)32-4)12-22(31-3)25(30)24(19)26/h8,11-12,16,20-21,30H,5-7,9-10,13-15H2,1-4H3/b11-8+/t20?,21?,26-/m1/s1. The van der Waals surface area contributed by atoms with Crippen molar-refractivity contribution in [2.45, 2.75) is 63.3 Å². The first-order valence-electron chi connectivity index (χ1n) is 11.8. The third-order valence-corrected chi connectivity index (χ3v) is 8.00. The van der Waals surface area contributed by atoms with E-state index in [-0.39, 0.29) is 23.5 Å². The average molecular weight is 442 g/mol. The van der Waals surface area contributed by atoms with E-state index in [9.17, 15) is 14.7 Å². The number of hydrogen-bond donors (Lipinski definition) is 1. The van der Waals surface area contributed by atoms with Gasteiger partial charge in [-0.1, -0.05) is 6.92 Å². The Hall–Kier alpha value is -2.34. The van der Waals surface area contributed by atoms with E-state index in [2.05, 4.69) is 18.9 Å². The molecule has 0 aliphatic heterocycles. The lowest BCUT2D eigenvalue weighted by molar-refractivity contribution is -0.134. The summed E-state index contributed by atoms with van der Waals surface area (Å²) < 4.78 is 10.3. The molecule has 1 aromatic carbocycles. The molecule has 174 valence electrons. The van der Waals surface area contributed by atoms with E-state index in [0.717, 1.165) is 48.4 Å². The summed E-state index contributed by atoms with van der Waals surface area (Å²) in [6.45, 7) is 3.20. The summed E-state index contributed by atoms with van der Waals surface area (Å²) in [5.74, 6) is 1.40. The minimum absolute atomic E-state index is 0.141. The topological polar surface area (TPSA) is 76.1 Å². The van der Waals surface area contributed by atoms with Gasteiger partial charge in [-0.25, -0.2) is 4.79 Å². The molecule has 0 radical (unpaired) electrons. The van der Waals surface area contributed by atoms with Crippen molar-refractivity contribution >= 4 is 17.8 Å². The molecule has 2 saturated carbocycles. The van der Waals surface area contributed by atoms with Crippen LogP contribution in [0.2, 0.25) is 0 Å². The Balaban J connectivity index is 1.90. The molecule has 0 amide bonds. The van der Waals surface area contributed by atoms with Crippen molar-refractivity contribution < 1.29 is 24.2 Å². The molecular formula is C26H35NO5. The second-order valence-electron chi connectivity index (χ2n) is 9.75. The van der Waals surface area contributed by atoms with Gasteiger partial charge in [-0.2, -0.15) is 0 Å². The fourth-order valence-corrected chi connectivity index (χ4v) is 6.21. The number of Topliss-reactive ketones (excluding diaryl/α,β-unsaturated/α-hetero) is 1. The van der Waals surface area contributed by atoms with Crippen molar-refractivity contribution in [3.63, 3.8) is 0 Å². The van der Waals surface area contributed by atoms with Crippen LogP contribution in [0.5, 0.6) is 11.5 Å². The van der Waals surface area contributed by atoms with Gasteiger partial charge in [0.15, 0.2) is 11.5 Å². The molecular weight excluding hydrogens is 406 g/mol. The van der Waals surface area contributed by atoms with Crippen molar-refractivity contribution in [1.29, 1.82) is 0 Å². The smallest absolute Gasteiger partial charge is 0.330 e. The lowest BCUT2D eigenvalue weighted by Gasteiger charge is -2.54. The summed E-state index contributed by atoms with van der Waals surface area (Å²) in [4.78, 5) is 27.1. The number of ketones is 1. The number of phenols is 1. The van der Waals surface area contributed by atoms with E-state index in [4.69, 9.17) is 9.47 Å². The fourth-order valence-electron chi connectivity index (χ4n) is 6.21. The van der Waals surface area contributed by atoms with Gasteiger partial charge >= 0.3 is 5.97 Å². The zero-order valence-electron chi connectivity index (χ0n) is 19.6. The van der Waals surface area contributed by atoms with Crippen molar-refractivity contribution in [1.82, 2.24) is 4.90 Å². The van der Waals surface area contributed by atoms with E-state index in [0.29, 0.717) is 18.6 Å². The van der Waals surface area contributed by atoms with Gasteiger partial charge in [-0.05, 0) is 74.3 Å². The number of carbonyl (C=O) groups excluding carboxylic acids is 2. The number of nitrogens with zero attached hydrogens (tertiary/aromatic N) is 1. The van der Waals surface area contributed by atoms with Gasteiger partial charge in [-0.3, -0.25) is 4.79 Å². The minimum atomic E-state index is -0.433. The molecule has 0 heterocycles. The highest BCUT2D eigenvalue weighted by molar-refractivity contribution is 5.88. The molecule has 1 aromatic rings. The van der Waals surface area contributed by atoms with Gasteiger partial charge in [-0.15, -0.1) is 0 Å². The van der Waals surface area contributed by atoms with Crippen molar-refractivity contribution in [3.8, 4) is 11.5 Å². The zero-order valence-corrected chi connectivity index (χ0v) is 19.6. The highest BCUT2D eigenvalue weighted by Crippen LogP contribution is 2.57. The Morgan fingerprint density at radius 2 is 2.06 bits per heavy atom. The van der Waals surface area contributed by atoms with Crippen LogP contribution in [0.3, 0.4) is 0 Å². The predicted octanol–water partition coefficient (Wildman–Crippen LogP) is 3.87. The average Bonchev–Trinajstić information content (AvgIpc) is 3.60. The summed E-state index contributed by atoms with van der Waals surface area (Å²) in [5.41, 5.74) is 2.27. The Morgan fingerprint density at radius 3 is 2.69 bits per heavy atom. The SMILES string of the molecule is CC[C@@]12CC(=O)CCC1C(N(C)CC1CC1)Cc1c(/C=C/C(=O)OC)cc(OC)c(O)c12. The van der Waals surface area contributed by atoms with E-state index in [1.54, 1.807) is 12.1 Å². The molecule has 0 aromatic heterocycles. The molecule has 0 saturated heterocycles. The molecule has 0 bridgehead atoms. The van der Waals surface area contributed by atoms with Gasteiger partial charge < -0.3 is 19.5 Å². The van der Waals surface area contributed by atoms with Crippen LogP contribution in [0.1, 0.15) is 62.1 Å². The van der Waals surface area contributed by atoms with Crippen LogP contribution in [0.4, 0.5) is 0 Å². The molecule has 32 heavy (non-hydrogen) atoms. The fraction of sp³-hybridized carbons (Fsp3) is 0.615. The third-order valence-electron chi connectivity index (χ3n) is 8.00. The number of methoxy groups -OCH3 is 2. The first-order chi connectivity index (χ1) is 15.3. The van der Waals surface area contributed by atoms with Gasteiger partial charge in [0.25, 0.3) is 0 Å². The summed E-state index contributed by atoms with van der Waals surface area (Å²) in [5, 5.41) is 11.3. The van der Waals surface area contributed by atoms with Gasteiger partial charge in [0.1, 0.15) is 5.78 Å². The second-order valence-corrected chi connectivity index (χ2v) is 9.75. The second kappa shape index (κ2) is 8.89. The summed E-state index contributed by atoms with van der Waals surface area (Å²) in [6, 6.07) is 2.08. The maximum Gasteiger partial charge on any atom is 0.330 e. The number of hydrogen-bond acceptors (Lipinski definition) is 6. The number of rotatable bonds is 7. The van der Waals surface area contributed by atoms with Crippen LogP contribution < -0.4 is 4.74 Å². The molecule has 0 spiro atoms. The monoisotopic (exact) mass is 441 g/mol. The van der Waals surface area contributed by atoms with Crippen LogP contribution in [0.15, 0.2) is 12.1 Å². The number of likely N-dealkylation sites (N-methyl/N-ethyl adjacent to an activating group) is 1. The summed E-state index contributed by atoms with van der Waals surface area (Å²) in [6.07, 6.45) is 9.18. The highest BCUT2D eigenvalue weighted by atomic mass is 16.5. The van der Waals surface area contributed by atoms with Crippen LogP contribution in [-0.2, 0) is 26.2 Å². The number of carbonyl (C=O) groups is 2. The van der Waals surface area contributed by atoms with Gasteiger partial charge in [0.05, 0.1) is 14.2 Å². The van der Waals surface area contributed by atoms with Gasteiger partial charge in [0.2, 0.25) is 0 Å². The number of ether oxygens (including phenoxy) is 2. The van der Waals surface area contributed by atoms with E-state index in [1.165, 1.54) is 33.1 Å². The maximum atomic E-state index is 12.8. The molecule has 3 atom stereocenters. The van der Waals surface area contributed by atoms with Crippen LogP contribution in [-0.4, -0.2) is 55.6 Å². The molecule has 3 aliphatic rings. The van der Waals surface area contributed by atoms with Crippen LogP contribution in [0, 0.1) is 11.8 Å². The third kappa shape index (κ3) is 3.94. The number of esters is 1. The largest absolute Gasteiger partial charge is 0.504 e. The molecule has 4 rings (SSSR count). The quantitative estimate of drug-likeness (QED) is 0.511. The first-order valence-corrected chi connectivity index (χ1v) is 11.8.